The maximum atomic E-state index is 12.6. The van der Waals surface area contributed by atoms with E-state index in [4.69, 9.17) is 4.74 Å². The molecule has 0 aromatic heterocycles. The van der Waals surface area contributed by atoms with Gasteiger partial charge in [0.15, 0.2) is 0 Å². The van der Waals surface area contributed by atoms with E-state index < -0.39 is 0 Å². The molecule has 1 aliphatic heterocycles. The molecule has 1 aliphatic rings. The molecule has 1 N–H and O–H groups in total. The smallest absolute Gasteiger partial charge is 0.256 e. The maximum Gasteiger partial charge on any atom is 0.256 e. The Morgan fingerprint density at radius 1 is 1.17 bits per heavy atom. The normalized spacial score (nSPS) is 13.9. The average Bonchev–Trinajstić information content (AvgIpc) is 3.09. The third-order valence-corrected chi connectivity index (χ3v) is 4.96. The fraction of sp³-hybridized carbons (Fsp3) is 0.278. The molecule has 0 radical (unpaired) electrons. The van der Waals surface area contributed by atoms with Crippen LogP contribution in [0.4, 0.5) is 11.4 Å². The molecule has 3 rings (SSSR count). The third-order valence-electron chi connectivity index (χ3n) is 4.02. The number of carbonyl (C=O) groups is 1. The quantitative estimate of drug-likeness (QED) is 0.753. The summed E-state index contributed by atoms with van der Waals surface area (Å²) in [4.78, 5) is 14.9. The zero-order valence-corrected chi connectivity index (χ0v) is 15.2. The van der Waals surface area contributed by atoms with Crippen LogP contribution in [0.2, 0.25) is 0 Å². The first-order chi connectivity index (χ1) is 11.2. The van der Waals surface area contributed by atoms with Crippen molar-refractivity contribution in [1.29, 1.82) is 0 Å². The van der Waals surface area contributed by atoms with Gasteiger partial charge >= 0.3 is 0 Å². The molecular weight excluding hydrogens is 403 g/mol. The Kier molecular flexibility index (Phi) is 5.05. The Bertz CT molecular complexity index is 712. The van der Waals surface area contributed by atoms with Crippen LogP contribution in [0.15, 0.2) is 42.5 Å². The van der Waals surface area contributed by atoms with Gasteiger partial charge in [0.25, 0.3) is 5.91 Å². The number of carbonyl (C=O) groups excluding carboxylic acids is 1. The highest BCUT2D eigenvalue weighted by molar-refractivity contribution is 14.1. The minimum atomic E-state index is -0.0938. The van der Waals surface area contributed by atoms with Crippen molar-refractivity contribution in [3.05, 3.63) is 51.6 Å². The van der Waals surface area contributed by atoms with E-state index >= 15 is 0 Å². The summed E-state index contributed by atoms with van der Waals surface area (Å²) in [6, 6.07) is 13.4. The van der Waals surface area contributed by atoms with Crippen LogP contribution in [-0.4, -0.2) is 26.1 Å². The number of nitrogens with one attached hydrogen (secondary N) is 1. The van der Waals surface area contributed by atoms with Crippen molar-refractivity contribution in [2.75, 3.05) is 30.4 Å². The number of amides is 1. The molecule has 0 spiro atoms. The van der Waals surface area contributed by atoms with Crippen LogP contribution in [0.5, 0.6) is 5.75 Å². The molecule has 0 saturated carbocycles. The second kappa shape index (κ2) is 7.21. The predicted molar refractivity (Wildman–Crippen MR) is 102 cm³/mol. The molecule has 2 aromatic carbocycles. The van der Waals surface area contributed by atoms with E-state index in [9.17, 15) is 4.79 Å². The van der Waals surface area contributed by atoms with Gasteiger partial charge in [0, 0.05) is 22.7 Å². The molecule has 0 atom stereocenters. The van der Waals surface area contributed by atoms with E-state index in [2.05, 4.69) is 32.8 Å². The molecule has 0 bridgehead atoms. The summed E-state index contributed by atoms with van der Waals surface area (Å²) in [6.45, 7) is 2.05. The summed E-state index contributed by atoms with van der Waals surface area (Å²) in [6.07, 6.45) is 2.38. The molecule has 120 valence electrons. The lowest BCUT2D eigenvalue weighted by Gasteiger charge is -2.22. The van der Waals surface area contributed by atoms with Gasteiger partial charge in [0.1, 0.15) is 5.75 Å². The Morgan fingerprint density at radius 3 is 2.61 bits per heavy atom. The Labute approximate surface area is 150 Å². The van der Waals surface area contributed by atoms with Crippen molar-refractivity contribution in [2.45, 2.75) is 12.8 Å². The number of rotatable bonds is 4. The predicted octanol–water partition coefficient (Wildman–Crippen LogP) is 4.15. The molecule has 0 aliphatic carbocycles. The SMILES string of the molecule is COc1ccc(N2CCCC2)c(NC(=O)c2ccccc2I)c1. The largest absolute Gasteiger partial charge is 0.497 e. The number of benzene rings is 2. The summed E-state index contributed by atoms with van der Waals surface area (Å²) in [5.74, 6) is 0.648. The first-order valence-corrected chi connectivity index (χ1v) is 8.76. The summed E-state index contributed by atoms with van der Waals surface area (Å²) < 4.78 is 6.25. The number of methoxy groups -OCH3 is 1. The number of anilines is 2. The van der Waals surface area contributed by atoms with E-state index in [0.717, 1.165) is 33.8 Å². The topological polar surface area (TPSA) is 41.6 Å². The highest BCUT2D eigenvalue weighted by Gasteiger charge is 2.18. The van der Waals surface area contributed by atoms with Crippen LogP contribution < -0.4 is 15.0 Å². The van der Waals surface area contributed by atoms with Gasteiger partial charge in [-0.25, -0.2) is 0 Å². The van der Waals surface area contributed by atoms with Gasteiger partial charge in [-0.1, -0.05) is 12.1 Å². The van der Waals surface area contributed by atoms with E-state index in [0.29, 0.717) is 5.56 Å². The number of hydrogen-bond acceptors (Lipinski definition) is 3. The van der Waals surface area contributed by atoms with Crippen molar-refractivity contribution in [2.24, 2.45) is 0 Å². The van der Waals surface area contributed by atoms with E-state index in [1.807, 2.05) is 42.5 Å². The molecule has 1 fully saturated rings. The zero-order chi connectivity index (χ0) is 16.2. The average molecular weight is 422 g/mol. The number of hydrogen-bond donors (Lipinski definition) is 1. The summed E-state index contributed by atoms with van der Waals surface area (Å²) >= 11 is 2.18. The zero-order valence-electron chi connectivity index (χ0n) is 13.0. The van der Waals surface area contributed by atoms with Gasteiger partial charge in [-0.15, -0.1) is 0 Å². The van der Waals surface area contributed by atoms with Crippen molar-refractivity contribution in [3.8, 4) is 5.75 Å². The molecule has 1 saturated heterocycles. The second-order valence-electron chi connectivity index (χ2n) is 5.51. The summed E-state index contributed by atoms with van der Waals surface area (Å²) in [5, 5.41) is 3.05. The van der Waals surface area contributed by atoms with Crippen molar-refractivity contribution in [1.82, 2.24) is 0 Å². The molecule has 4 nitrogen and oxygen atoms in total. The minimum absolute atomic E-state index is 0.0938. The molecule has 0 unspecified atom stereocenters. The minimum Gasteiger partial charge on any atom is -0.497 e. The van der Waals surface area contributed by atoms with Crippen molar-refractivity contribution < 1.29 is 9.53 Å². The molecule has 1 heterocycles. The van der Waals surface area contributed by atoms with Crippen LogP contribution in [0, 0.1) is 3.57 Å². The lowest BCUT2D eigenvalue weighted by atomic mass is 10.2. The first kappa shape index (κ1) is 16.1. The van der Waals surface area contributed by atoms with Gasteiger partial charge in [0.05, 0.1) is 24.0 Å². The molecule has 2 aromatic rings. The van der Waals surface area contributed by atoms with Crippen LogP contribution in [0.25, 0.3) is 0 Å². The molecule has 23 heavy (non-hydrogen) atoms. The maximum absolute atomic E-state index is 12.6. The van der Waals surface area contributed by atoms with Gasteiger partial charge in [-0.2, -0.15) is 0 Å². The lowest BCUT2D eigenvalue weighted by molar-refractivity contribution is 0.102. The number of ether oxygens (including phenoxy) is 1. The van der Waals surface area contributed by atoms with E-state index in [1.165, 1.54) is 12.8 Å². The Morgan fingerprint density at radius 2 is 1.91 bits per heavy atom. The Hall–Kier alpha value is -1.76. The monoisotopic (exact) mass is 422 g/mol. The van der Waals surface area contributed by atoms with Crippen molar-refractivity contribution >= 4 is 39.9 Å². The van der Waals surface area contributed by atoms with Gasteiger partial charge in [-0.3, -0.25) is 4.79 Å². The highest BCUT2D eigenvalue weighted by atomic mass is 127. The summed E-state index contributed by atoms with van der Waals surface area (Å²) in [5.41, 5.74) is 2.54. The fourth-order valence-electron chi connectivity index (χ4n) is 2.81. The van der Waals surface area contributed by atoms with Gasteiger partial charge in [-0.05, 0) is 59.7 Å². The number of halogens is 1. The lowest BCUT2D eigenvalue weighted by Crippen LogP contribution is -2.21. The van der Waals surface area contributed by atoms with Crippen LogP contribution in [-0.2, 0) is 0 Å². The fourth-order valence-corrected chi connectivity index (χ4v) is 3.44. The van der Waals surface area contributed by atoms with E-state index in [-0.39, 0.29) is 5.91 Å². The highest BCUT2D eigenvalue weighted by Crippen LogP contribution is 2.33. The Balaban J connectivity index is 1.91. The molecule has 5 heteroatoms. The van der Waals surface area contributed by atoms with Gasteiger partial charge < -0.3 is 15.0 Å². The van der Waals surface area contributed by atoms with Crippen molar-refractivity contribution in [3.63, 3.8) is 0 Å². The first-order valence-electron chi connectivity index (χ1n) is 7.68. The standard InChI is InChI=1S/C18H19IN2O2/c1-23-13-8-9-17(21-10-4-5-11-21)16(12-13)20-18(22)14-6-2-3-7-15(14)19/h2-3,6-9,12H,4-5,10-11H2,1H3,(H,20,22). The second-order valence-corrected chi connectivity index (χ2v) is 6.67. The molecular formula is C18H19IN2O2. The summed E-state index contributed by atoms with van der Waals surface area (Å²) in [7, 11) is 1.64. The number of nitrogens with zero attached hydrogens (tertiary/aromatic N) is 1. The third kappa shape index (κ3) is 3.60. The van der Waals surface area contributed by atoms with Crippen LogP contribution >= 0.6 is 22.6 Å². The van der Waals surface area contributed by atoms with E-state index in [1.54, 1.807) is 7.11 Å². The van der Waals surface area contributed by atoms with Crippen LogP contribution in [0.1, 0.15) is 23.2 Å². The molecule has 1 amide bonds. The van der Waals surface area contributed by atoms with Crippen LogP contribution in [0.3, 0.4) is 0 Å². The van der Waals surface area contributed by atoms with Gasteiger partial charge in [0.2, 0.25) is 0 Å².